The first-order chi connectivity index (χ1) is 9.46. The van der Waals surface area contributed by atoms with E-state index in [9.17, 15) is 8.42 Å². The van der Waals surface area contributed by atoms with Gasteiger partial charge in [0.15, 0.2) is 0 Å². The molecule has 0 saturated heterocycles. The number of ether oxygens (including phenoxy) is 3. The van der Waals surface area contributed by atoms with Gasteiger partial charge in [-0.05, 0) is 13.0 Å². The molecule has 0 bridgehead atoms. The molecule has 20 heavy (non-hydrogen) atoms. The lowest BCUT2D eigenvalue weighted by atomic mass is 10.3. The van der Waals surface area contributed by atoms with E-state index in [2.05, 4.69) is 4.72 Å². The number of sulfonamides is 1. The molecule has 0 aliphatic heterocycles. The van der Waals surface area contributed by atoms with Gasteiger partial charge in [0.1, 0.15) is 16.4 Å². The number of nitrogens with two attached hydrogens (primary N) is 1. The second-order valence-electron chi connectivity index (χ2n) is 3.84. The van der Waals surface area contributed by atoms with Crippen LogP contribution in [0.25, 0.3) is 0 Å². The van der Waals surface area contributed by atoms with Crippen molar-refractivity contribution in [2.24, 2.45) is 0 Å². The van der Waals surface area contributed by atoms with Crippen molar-refractivity contribution in [1.29, 1.82) is 0 Å². The van der Waals surface area contributed by atoms with Crippen LogP contribution in [0.2, 0.25) is 0 Å². The van der Waals surface area contributed by atoms with Crippen molar-refractivity contribution < 1.29 is 22.6 Å². The van der Waals surface area contributed by atoms with E-state index >= 15 is 0 Å². The first-order valence-corrected chi connectivity index (χ1v) is 7.53. The predicted octanol–water partition coefficient (Wildman–Crippen LogP) is 0.601. The van der Waals surface area contributed by atoms with E-state index in [1.165, 1.54) is 26.4 Å². The Morgan fingerprint density at radius 1 is 1.20 bits per heavy atom. The van der Waals surface area contributed by atoms with Crippen LogP contribution in [0.3, 0.4) is 0 Å². The summed E-state index contributed by atoms with van der Waals surface area (Å²) in [6.07, 6.45) is 0. The maximum absolute atomic E-state index is 12.2. The summed E-state index contributed by atoms with van der Waals surface area (Å²) in [5.41, 5.74) is 5.95. The number of anilines is 1. The number of methoxy groups -OCH3 is 2. The molecule has 0 aliphatic rings. The third-order valence-electron chi connectivity index (χ3n) is 2.55. The first kappa shape index (κ1) is 16.5. The average molecular weight is 304 g/mol. The fourth-order valence-electron chi connectivity index (χ4n) is 1.57. The monoisotopic (exact) mass is 304 g/mol. The summed E-state index contributed by atoms with van der Waals surface area (Å²) < 4.78 is 42.0. The van der Waals surface area contributed by atoms with Crippen LogP contribution >= 0.6 is 0 Å². The van der Waals surface area contributed by atoms with Crippen molar-refractivity contribution in [3.05, 3.63) is 12.1 Å². The number of rotatable bonds is 8. The normalized spacial score (nSPS) is 11.3. The number of nitrogen functional groups attached to an aromatic ring is 1. The molecular formula is C12H20N2O5S. The number of benzene rings is 1. The maximum Gasteiger partial charge on any atom is 0.244 e. The molecule has 114 valence electrons. The third-order valence-corrected chi connectivity index (χ3v) is 4.03. The average Bonchev–Trinajstić information content (AvgIpc) is 2.43. The molecule has 0 aliphatic carbocycles. The summed E-state index contributed by atoms with van der Waals surface area (Å²) in [5.74, 6) is 0.523. The molecule has 0 unspecified atom stereocenters. The van der Waals surface area contributed by atoms with Gasteiger partial charge in [-0.3, -0.25) is 0 Å². The largest absolute Gasteiger partial charge is 0.495 e. The molecule has 0 fully saturated rings. The lowest BCUT2D eigenvalue weighted by molar-refractivity contribution is 0.153. The summed E-state index contributed by atoms with van der Waals surface area (Å²) in [4.78, 5) is -0.0326. The van der Waals surface area contributed by atoms with Crippen molar-refractivity contribution in [3.8, 4) is 11.5 Å². The van der Waals surface area contributed by atoms with Gasteiger partial charge in [-0.2, -0.15) is 0 Å². The summed E-state index contributed by atoms with van der Waals surface area (Å²) >= 11 is 0. The van der Waals surface area contributed by atoms with Gasteiger partial charge < -0.3 is 19.9 Å². The highest BCUT2D eigenvalue weighted by atomic mass is 32.2. The quantitative estimate of drug-likeness (QED) is 0.539. The SMILES string of the molecule is CCOCCNS(=O)(=O)c1cc(N)c(OC)cc1OC. The van der Waals surface area contributed by atoms with Crippen LogP contribution in [0.5, 0.6) is 11.5 Å². The van der Waals surface area contributed by atoms with Gasteiger partial charge in [-0.15, -0.1) is 0 Å². The Balaban J connectivity index is 3.01. The smallest absolute Gasteiger partial charge is 0.244 e. The predicted molar refractivity (Wildman–Crippen MR) is 75.6 cm³/mol. The minimum absolute atomic E-state index is 0.0326. The Bertz CT molecular complexity index is 545. The molecule has 0 heterocycles. The Hall–Kier alpha value is -1.51. The Kier molecular flexibility index (Phi) is 6.05. The van der Waals surface area contributed by atoms with E-state index in [1.807, 2.05) is 6.92 Å². The van der Waals surface area contributed by atoms with Crippen molar-refractivity contribution in [2.45, 2.75) is 11.8 Å². The fraction of sp³-hybridized carbons (Fsp3) is 0.500. The zero-order valence-electron chi connectivity index (χ0n) is 11.8. The van der Waals surface area contributed by atoms with Gasteiger partial charge in [-0.25, -0.2) is 13.1 Å². The summed E-state index contributed by atoms with van der Waals surface area (Å²) in [6.45, 7) is 2.83. The van der Waals surface area contributed by atoms with Crippen molar-refractivity contribution in [2.75, 3.05) is 39.7 Å². The zero-order valence-corrected chi connectivity index (χ0v) is 12.6. The number of hydrogen-bond acceptors (Lipinski definition) is 6. The van der Waals surface area contributed by atoms with E-state index < -0.39 is 10.0 Å². The van der Waals surface area contributed by atoms with Crippen LogP contribution in [0.15, 0.2) is 17.0 Å². The van der Waals surface area contributed by atoms with Crippen molar-refractivity contribution in [3.63, 3.8) is 0 Å². The Morgan fingerprint density at radius 2 is 1.85 bits per heavy atom. The third kappa shape index (κ3) is 3.99. The topological polar surface area (TPSA) is 99.9 Å². The van der Waals surface area contributed by atoms with Crippen molar-refractivity contribution in [1.82, 2.24) is 4.72 Å². The molecule has 1 rings (SSSR count). The van der Waals surface area contributed by atoms with Crippen LogP contribution in [-0.2, 0) is 14.8 Å². The van der Waals surface area contributed by atoms with E-state index in [0.717, 1.165) is 0 Å². The van der Waals surface area contributed by atoms with Gasteiger partial charge in [0.25, 0.3) is 0 Å². The number of hydrogen-bond donors (Lipinski definition) is 2. The highest BCUT2D eigenvalue weighted by Crippen LogP contribution is 2.33. The second kappa shape index (κ2) is 7.32. The second-order valence-corrected chi connectivity index (χ2v) is 5.58. The Morgan fingerprint density at radius 3 is 2.40 bits per heavy atom. The minimum Gasteiger partial charge on any atom is -0.495 e. The van der Waals surface area contributed by atoms with E-state index in [4.69, 9.17) is 19.9 Å². The van der Waals surface area contributed by atoms with E-state index in [0.29, 0.717) is 19.0 Å². The molecule has 0 radical (unpaired) electrons. The van der Waals surface area contributed by atoms with Crippen LogP contribution in [0, 0.1) is 0 Å². The Labute approximate surface area is 119 Å². The molecule has 0 spiro atoms. The molecule has 1 aromatic rings. The lowest BCUT2D eigenvalue weighted by Gasteiger charge is -2.13. The zero-order chi connectivity index (χ0) is 15.2. The summed E-state index contributed by atoms with van der Waals surface area (Å²) in [5, 5.41) is 0. The van der Waals surface area contributed by atoms with Crippen molar-refractivity contribution >= 4 is 15.7 Å². The molecule has 0 atom stereocenters. The van der Waals surface area contributed by atoms with Gasteiger partial charge >= 0.3 is 0 Å². The first-order valence-electron chi connectivity index (χ1n) is 6.05. The lowest BCUT2D eigenvalue weighted by Crippen LogP contribution is -2.28. The van der Waals surface area contributed by atoms with Gasteiger partial charge in [0.05, 0.1) is 26.5 Å². The maximum atomic E-state index is 12.2. The van der Waals surface area contributed by atoms with Gasteiger partial charge in [0, 0.05) is 19.2 Å². The molecule has 0 saturated carbocycles. The molecule has 7 nitrogen and oxygen atoms in total. The fourth-order valence-corrected chi connectivity index (χ4v) is 2.77. The molecule has 0 aromatic heterocycles. The van der Waals surface area contributed by atoms with Crippen LogP contribution in [-0.4, -0.2) is 42.4 Å². The van der Waals surface area contributed by atoms with E-state index in [-0.39, 0.29) is 22.9 Å². The summed E-state index contributed by atoms with van der Waals surface area (Å²) in [7, 11) is -0.898. The van der Waals surface area contributed by atoms with Crippen LogP contribution < -0.4 is 19.9 Å². The number of nitrogens with one attached hydrogen (secondary N) is 1. The van der Waals surface area contributed by atoms with Gasteiger partial charge in [0.2, 0.25) is 10.0 Å². The minimum atomic E-state index is -3.72. The van der Waals surface area contributed by atoms with Gasteiger partial charge in [-0.1, -0.05) is 0 Å². The molecular weight excluding hydrogens is 284 g/mol. The molecule has 3 N–H and O–H groups in total. The highest BCUT2D eigenvalue weighted by molar-refractivity contribution is 7.89. The van der Waals surface area contributed by atoms with Crippen LogP contribution in [0.1, 0.15) is 6.92 Å². The molecule has 1 aromatic carbocycles. The summed E-state index contributed by atoms with van der Waals surface area (Å²) in [6, 6.07) is 2.74. The molecule has 8 heteroatoms. The van der Waals surface area contributed by atoms with E-state index in [1.54, 1.807) is 0 Å². The highest BCUT2D eigenvalue weighted by Gasteiger charge is 2.21. The van der Waals surface area contributed by atoms with Crippen LogP contribution in [0.4, 0.5) is 5.69 Å². The standard InChI is InChI=1S/C12H20N2O5S/c1-4-19-6-5-14-20(15,16)12-7-9(13)10(17-2)8-11(12)18-3/h7-8,14H,4-6,13H2,1-3H3. The molecule has 0 amide bonds.